The highest BCUT2D eigenvalue weighted by molar-refractivity contribution is 4.85. The second-order valence-electron chi connectivity index (χ2n) is 5.54. The quantitative estimate of drug-likeness (QED) is 0.606. The molecule has 2 unspecified atom stereocenters. The van der Waals surface area contributed by atoms with Crippen LogP contribution < -0.4 is 5.32 Å². The molecule has 108 valence electrons. The molecule has 0 amide bonds. The van der Waals surface area contributed by atoms with Crippen molar-refractivity contribution in [1.82, 2.24) is 15.1 Å². The molecule has 0 bridgehead atoms. The Morgan fingerprint density at radius 3 is 2.33 bits per heavy atom. The summed E-state index contributed by atoms with van der Waals surface area (Å²) in [6.07, 6.45) is 2.44. The van der Waals surface area contributed by atoms with E-state index in [4.69, 9.17) is 0 Å². The Balaban J connectivity index is 2.08. The van der Waals surface area contributed by atoms with Crippen LogP contribution >= 0.6 is 0 Å². The highest BCUT2D eigenvalue weighted by Gasteiger charge is 2.28. The van der Waals surface area contributed by atoms with Crippen LogP contribution in [-0.4, -0.2) is 72.9 Å². The van der Waals surface area contributed by atoms with Crippen LogP contribution in [0.15, 0.2) is 0 Å². The normalized spacial score (nSPS) is 19.5. The van der Waals surface area contributed by atoms with Gasteiger partial charge in [0.1, 0.15) is 0 Å². The molecular formula is C14H31N3O. The van der Waals surface area contributed by atoms with E-state index in [1.165, 1.54) is 12.8 Å². The minimum absolute atomic E-state index is 0.261. The topological polar surface area (TPSA) is 38.7 Å². The van der Waals surface area contributed by atoms with Crippen molar-refractivity contribution < 1.29 is 5.11 Å². The van der Waals surface area contributed by atoms with E-state index in [9.17, 15) is 5.11 Å². The van der Waals surface area contributed by atoms with Crippen molar-refractivity contribution in [1.29, 1.82) is 0 Å². The molecule has 0 aromatic carbocycles. The third kappa shape index (κ3) is 5.65. The second kappa shape index (κ2) is 8.10. The molecular weight excluding hydrogens is 226 g/mol. The highest BCUT2D eigenvalue weighted by Crippen LogP contribution is 2.26. The van der Waals surface area contributed by atoms with E-state index >= 15 is 0 Å². The average Bonchev–Trinajstić information content (AvgIpc) is 3.19. The predicted octanol–water partition coefficient (Wildman–Crippen LogP) is 0.761. The van der Waals surface area contributed by atoms with Crippen LogP contribution in [0.1, 0.15) is 33.6 Å². The van der Waals surface area contributed by atoms with Crippen LogP contribution in [0.5, 0.6) is 0 Å². The predicted molar refractivity (Wildman–Crippen MR) is 76.9 cm³/mol. The Kier molecular flexibility index (Phi) is 7.15. The number of nitrogens with zero attached hydrogens (tertiary/aromatic N) is 2. The van der Waals surface area contributed by atoms with Crippen LogP contribution in [0.4, 0.5) is 0 Å². The molecule has 2 atom stereocenters. The zero-order valence-corrected chi connectivity index (χ0v) is 12.5. The van der Waals surface area contributed by atoms with Crippen LogP contribution in [0.3, 0.4) is 0 Å². The van der Waals surface area contributed by atoms with Gasteiger partial charge < -0.3 is 15.3 Å². The molecule has 0 aliphatic heterocycles. The summed E-state index contributed by atoms with van der Waals surface area (Å²) in [6, 6.07) is 1.36. The molecule has 18 heavy (non-hydrogen) atoms. The lowest BCUT2D eigenvalue weighted by Gasteiger charge is -2.26. The van der Waals surface area contributed by atoms with E-state index in [0.29, 0.717) is 12.6 Å². The van der Waals surface area contributed by atoms with Crippen molar-refractivity contribution in [3.8, 4) is 0 Å². The molecule has 1 aliphatic carbocycles. The summed E-state index contributed by atoms with van der Waals surface area (Å²) >= 11 is 0. The number of rotatable bonds is 10. The van der Waals surface area contributed by atoms with Gasteiger partial charge in [-0.05, 0) is 39.9 Å². The van der Waals surface area contributed by atoms with Gasteiger partial charge in [0.2, 0.25) is 0 Å². The minimum Gasteiger partial charge on any atom is -0.390 e. The van der Waals surface area contributed by atoms with E-state index in [1.807, 2.05) is 0 Å². The zero-order chi connectivity index (χ0) is 13.5. The molecule has 0 aromatic rings. The minimum atomic E-state index is -0.261. The van der Waals surface area contributed by atoms with Gasteiger partial charge in [0.15, 0.2) is 0 Å². The summed E-state index contributed by atoms with van der Waals surface area (Å²) in [5.74, 6) is 0. The van der Waals surface area contributed by atoms with Gasteiger partial charge in [-0.15, -0.1) is 0 Å². The molecule has 0 aromatic heterocycles. The standard InChI is InChI=1S/C14H31N3O/c1-5-17(6-2)11-14(18)10-15-9-12(3)16(4)13-7-8-13/h12-15,18H,5-11H2,1-4H3. The van der Waals surface area contributed by atoms with E-state index in [1.54, 1.807) is 0 Å². The molecule has 4 nitrogen and oxygen atoms in total. The van der Waals surface area contributed by atoms with Gasteiger partial charge in [0.05, 0.1) is 6.10 Å². The van der Waals surface area contributed by atoms with Crippen molar-refractivity contribution in [2.75, 3.05) is 39.8 Å². The summed E-state index contributed by atoms with van der Waals surface area (Å²) in [5.41, 5.74) is 0. The monoisotopic (exact) mass is 257 g/mol. The molecule has 0 heterocycles. The lowest BCUT2D eigenvalue weighted by atomic mass is 10.2. The Hall–Kier alpha value is -0.160. The smallest absolute Gasteiger partial charge is 0.0791 e. The summed E-state index contributed by atoms with van der Waals surface area (Å²) in [7, 11) is 2.20. The molecule has 1 fully saturated rings. The highest BCUT2D eigenvalue weighted by atomic mass is 16.3. The largest absolute Gasteiger partial charge is 0.390 e. The number of likely N-dealkylation sites (N-methyl/N-ethyl adjacent to an activating group) is 2. The Morgan fingerprint density at radius 1 is 1.22 bits per heavy atom. The Labute approximate surface area is 112 Å². The summed E-state index contributed by atoms with van der Waals surface area (Å²) in [5, 5.41) is 13.3. The first-order valence-electron chi connectivity index (χ1n) is 7.41. The van der Waals surface area contributed by atoms with Crippen molar-refractivity contribution in [2.24, 2.45) is 0 Å². The summed E-state index contributed by atoms with van der Waals surface area (Å²) < 4.78 is 0. The SMILES string of the molecule is CCN(CC)CC(O)CNCC(C)N(C)C1CC1. The van der Waals surface area contributed by atoms with E-state index in [-0.39, 0.29) is 6.10 Å². The maximum atomic E-state index is 9.94. The molecule has 4 heteroatoms. The third-order valence-corrected chi connectivity index (χ3v) is 4.00. The van der Waals surface area contributed by atoms with Crippen molar-refractivity contribution in [3.63, 3.8) is 0 Å². The summed E-state index contributed by atoms with van der Waals surface area (Å²) in [4.78, 5) is 4.70. The molecule has 2 N–H and O–H groups in total. The van der Waals surface area contributed by atoms with Gasteiger partial charge in [-0.25, -0.2) is 0 Å². The van der Waals surface area contributed by atoms with Crippen molar-refractivity contribution in [3.05, 3.63) is 0 Å². The van der Waals surface area contributed by atoms with Gasteiger partial charge in [0, 0.05) is 31.7 Å². The third-order valence-electron chi connectivity index (χ3n) is 4.00. The van der Waals surface area contributed by atoms with E-state index in [0.717, 1.165) is 32.2 Å². The molecule has 1 saturated carbocycles. The van der Waals surface area contributed by atoms with Gasteiger partial charge in [-0.2, -0.15) is 0 Å². The number of aliphatic hydroxyl groups is 1. The average molecular weight is 257 g/mol. The molecule has 1 aliphatic rings. The van der Waals surface area contributed by atoms with Crippen LogP contribution in [0.25, 0.3) is 0 Å². The van der Waals surface area contributed by atoms with Crippen molar-refractivity contribution >= 4 is 0 Å². The number of nitrogens with one attached hydrogen (secondary N) is 1. The fourth-order valence-electron chi connectivity index (χ4n) is 2.29. The van der Waals surface area contributed by atoms with E-state index < -0.39 is 0 Å². The van der Waals surface area contributed by atoms with Gasteiger partial charge in [0.25, 0.3) is 0 Å². The lowest BCUT2D eigenvalue weighted by molar-refractivity contribution is 0.114. The van der Waals surface area contributed by atoms with Crippen LogP contribution in [-0.2, 0) is 0 Å². The maximum absolute atomic E-state index is 9.94. The Morgan fingerprint density at radius 2 is 1.83 bits per heavy atom. The molecule has 0 radical (unpaired) electrons. The van der Waals surface area contributed by atoms with Gasteiger partial charge in [-0.3, -0.25) is 4.90 Å². The molecule has 0 saturated heterocycles. The maximum Gasteiger partial charge on any atom is 0.0791 e. The van der Waals surface area contributed by atoms with Crippen LogP contribution in [0, 0.1) is 0 Å². The fraction of sp³-hybridized carbons (Fsp3) is 1.00. The fourth-order valence-corrected chi connectivity index (χ4v) is 2.29. The van der Waals surface area contributed by atoms with Gasteiger partial charge in [-0.1, -0.05) is 13.8 Å². The number of aliphatic hydroxyl groups excluding tert-OH is 1. The zero-order valence-electron chi connectivity index (χ0n) is 12.5. The Bertz CT molecular complexity index is 217. The number of hydrogen-bond acceptors (Lipinski definition) is 4. The first-order chi connectivity index (χ1) is 8.58. The van der Waals surface area contributed by atoms with Crippen molar-refractivity contribution in [2.45, 2.75) is 51.8 Å². The summed E-state index contributed by atoms with van der Waals surface area (Å²) in [6.45, 7) is 11.0. The van der Waals surface area contributed by atoms with E-state index in [2.05, 4.69) is 42.9 Å². The first-order valence-corrected chi connectivity index (χ1v) is 7.41. The first kappa shape index (κ1) is 15.9. The lowest BCUT2D eigenvalue weighted by Crippen LogP contribution is -2.43. The molecule has 0 spiro atoms. The number of hydrogen-bond donors (Lipinski definition) is 2. The second-order valence-corrected chi connectivity index (χ2v) is 5.54. The van der Waals surface area contributed by atoms with Crippen LogP contribution in [0.2, 0.25) is 0 Å². The molecule has 1 rings (SSSR count). The van der Waals surface area contributed by atoms with Gasteiger partial charge >= 0.3 is 0 Å².